The Kier molecular flexibility index (Phi) is 5.10. The zero-order valence-corrected chi connectivity index (χ0v) is 16.0. The number of anilines is 1. The standard InChI is InChI=1S/C17H17N5O5S/c1-8(13(23)18-10-7-5-4-6-9(10)15(25)26)28-16-19-11-12(20-16)21(2)17(27)22(3)14(11)24/h4-8H,1-3H3,(H,18,23)(H,19,20)(H,25,26). The second-order valence-electron chi connectivity index (χ2n) is 6.05. The highest BCUT2D eigenvalue weighted by Crippen LogP contribution is 2.24. The number of imidazole rings is 1. The van der Waals surface area contributed by atoms with E-state index >= 15 is 0 Å². The van der Waals surface area contributed by atoms with E-state index in [2.05, 4.69) is 15.3 Å². The lowest BCUT2D eigenvalue weighted by Gasteiger charge is -2.12. The quantitative estimate of drug-likeness (QED) is 0.535. The van der Waals surface area contributed by atoms with Crippen LogP contribution in [0.5, 0.6) is 0 Å². The molecule has 10 nitrogen and oxygen atoms in total. The predicted octanol–water partition coefficient (Wildman–Crippen LogP) is 0.778. The fourth-order valence-electron chi connectivity index (χ4n) is 2.59. The molecule has 3 aromatic rings. The number of aromatic amines is 1. The smallest absolute Gasteiger partial charge is 0.337 e. The lowest BCUT2D eigenvalue weighted by atomic mass is 10.2. The second kappa shape index (κ2) is 7.35. The summed E-state index contributed by atoms with van der Waals surface area (Å²) in [7, 11) is 2.87. The van der Waals surface area contributed by atoms with Crippen LogP contribution in [0.15, 0.2) is 39.0 Å². The third-order valence-electron chi connectivity index (χ3n) is 4.15. The molecule has 0 fully saturated rings. The van der Waals surface area contributed by atoms with Crippen molar-refractivity contribution in [3.63, 3.8) is 0 Å². The number of carbonyl (C=O) groups excluding carboxylic acids is 1. The van der Waals surface area contributed by atoms with Gasteiger partial charge in [0.25, 0.3) is 5.56 Å². The van der Waals surface area contributed by atoms with Crippen LogP contribution in [-0.4, -0.2) is 41.3 Å². The third-order valence-corrected chi connectivity index (χ3v) is 5.13. The summed E-state index contributed by atoms with van der Waals surface area (Å²) < 4.78 is 2.21. The zero-order valence-electron chi connectivity index (χ0n) is 15.2. The van der Waals surface area contributed by atoms with E-state index in [-0.39, 0.29) is 22.4 Å². The minimum Gasteiger partial charge on any atom is -0.478 e. The van der Waals surface area contributed by atoms with Gasteiger partial charge in [0.1, 0.15) is 0 Å². The zero-order chi connectivity index (χ0) is 20.6. The molecule has 2 aromatic heterocycles. The van der Waals surface area contributed by atoms with Crippen molar-refractivity contribution in [1.29, 1.82) is 0 Å². The Labute approximate surface area is 162 Å². The summed E-state index contributed by atoms with van der Waals surface area (Å²) in [5, 5.41) is 11.4. The average molecular weight is 403 g/mol. The van der Waals surface area contributed by atoms with Crippen LogP contribution in [0.4, 0.5) is 5.69 Å². The van der Waals surface area contributed by atoms with Crippen LogP contribution in [0, 0.1) is 0 Å². The van der Waals surface area contributed by atoms with E-state index in [0.29, 0.717) is 5.16 Å². The van der Waals surface area contributed by atoms with Crippen molar-refractivity contribution in [2.75, 3.05) is 5.32 Å². The van der Waals surface area contributed by atoms with Gasteiger partial charge in [0.2, 0.25) is 5.91 Å². The number of rotatable bonds is 5. The highest BCUT2D eigenvalue weighted by Gasteiger charge is 2.21. The van der Waals surface area contributed by atoms with Gasteiger partial charge in [-0.1, -0.05) is 23.9 Å². The molecule has 0 aliphatic carbocycles. The maximum atomic E-state index is 12.5. The van der Waals surface area contributed by atoms with Gasteiger partial charge in [-0.2, -0.15) is 0 Å². The normalized spacial score (nSPS) is 12.1. The lowest BCUT2D eigenvalue weighted by Crippen LogP contribution is -2.36. The van der Waals surface area contributed by atoms with Gasteiger partial charge >= 0.3 is 11.7 Å². The summed E-state index contributed by atoms with van der Waals surface area (Å²) in [5.74, 6) is -1.58. The molecule has 1 aromatic carbocycles. The molecule has 2 heterocycles. The van der Waals surface area contributed by atoms with Crippen molar-refractivity contribution in [1.82, 2.24) is 19.1 Å². The number of amides is 1. The molecule has 146 valence electrons. The molecule has 0 aliphatic rings. The summed E-state index contributed by atoms with van der Waals surface area (Å²) in [4.78, 5) is 55.0. The molecule has 0 spiro atoms. The number of H-pyrrole nitrogens is 1. The van der Waals surface area contributed by atoms with Crippen LogP contribution in [0.25, 0.3) is 11.2 Å². The van der Waals surface area contributed by atoms with Gasteiger partial charge in [0.15, 0.2) is 16.3 Å². The van der Waals surface area contributed by atoms with Gasteiger partial charge in [0.05, 0.1) is 16.5 Å². The third kappa shape index (κ3) is 3.43. The largest absolute Gasteiger partial charge is 0.478 e. The Morgan fingerprint density at radius 2 is 1.89 bits per heavy atom. The minimum absolute atomic E-state index is 0.0183. The van der Waals surface area contributed by atoms with Crippen molar-refractivity contribution in [2.45, 2.75) is 17.3 Å². The molecule has 1 amide bonds. The highest BCUT2D eigenvalue weighted by molar-refractivity contribution is 8.00. The molecule has 28 heavy (non-hydrogen) atoms. The number of benzene rings is 1. The number of hydrogen-bond acceptors (Lipinski definition) is 6. The molecule has 0 bridgehead atoms. The Morgan fingerprint density at radius 3 is 2.57 bits per heavy atom. The van der Waals surface area contributed by atoms with E-state index in [1.165, 1.54) is 30.8 Å². The lowest BCUT2D eigenvalue weighted by molar-refractivity contribution is -0.115. The van der Waals surface area contributed by atoms with Crippen LogP contribution in [0.1, 0.15) is 17.3 Å². The van der Waals surface area contributed by atoms with Gasteiger partial charge in [-0.15, -0.1) is 0 Å². The first-order chi connectivity index (χ1) is 13.2. The molecular formula is C17H17N5O5S. The van der Waals surface area contributed by atoms with Crippen LogP contribution in [-0.2, 0) is 18.9 Å². The van der Waals surface area contributed by atoms with Gasteiger partial charge < -0.3 is 15.4 Å². The molecule has 11 heteroatoms. The number of fused-ring (bicyclic) bond motifs is 1. The minimum atomic E-state index is -1.15. The molecule has 0 radical (unpaired) electrons. The predicted molar refractivity (Wildman–Crippen MR) is 104 cm³/mol. The SMILES string of the molecule is CC(Sc1nc2c([nH]1)c(=O)n(C)c(=O)n2C)C(=O)Nc1ccccc1C(=O)O. The molecule has 1 atom stereocenters. The van der Waals surface area contributed by atoms with Crippen molar-refractivity contribution in [2.24, 2.45) is 14.1 Å². The van der Waals surface area contributed by atoms with Crippen LogP contribution in [0.2, 0.25) is 0 Å². The maximum absolute atomic E-state index is 12.5. The number of hydrogen-bond donors (Lipinski definition) is 3. The summed E-state index contributed by atoms with van der Waals surface area (Å²) in [6.45, 7) is 1.62. The number of aromatic carboxylic acids is 1. The monoisotopic (exact) mass is 403 g/mol. The van der Waals surface area contributed by atoms with E-state index in [9.17, 15) is 24.3 Å². The molecular weight excluding hydrogens is 386 g/mol. The van der Waals surface area contributed by atoms with E-state index in [4.69, 9.17) is 0 Å². The molecule has 3 N–H and O–H groups in total. The summed E-state index contributed by atoms with van der Waals surface area (Å²) in [6.07, 6.45) is 0. The van der Waals surface area contributed by atoms with Crippen LogP contribution < -0.4 is 16.6 Å². The number of nitrogens with zero attached hydrogens (tertiary/aromatic N) is 3. The van der Waals surface area contributed by atoms with E-state index in [1.54, 1.807) is 19.1 Å². The second-order valence-corrected chi connectivity index (χ2v) is 7.38. The van der Waals surface area contributed by atoms with Crippen molar-refractivity contribution < 1.29 is 14.7 Å². The number of nitrogens with one attached hydrogen (secondary N) is 2. The van der Waals surface area contributed by atoms with E-state index in [1.807, 2.05) is 0 Å². The van der Waals surface area contributed by atoms with Gasteiger partial charge in [-0.25, -0.2) is 14.6 Å². The number of thioether (sulfide) groups is 1. The maximum Gasteiger partial charge on any atom is 0.337 e. The summed E-state index contributed by atoms with van der Waals surface area (Å²) in [5.41, 5.74) is -0.486. The molecule has 0 saturated carbocycles. The first kappa shape index (κ1) is 19.4. The Hall–Kier alpha value is -3.34. The van der Waals surface area contributed by atoms with Gasteiger partial charge in [-0.3, -0.25) is 18.7 Å². The van der Waals surface area contributed by atoms with Crippen LogP contribution >= 0.6 is 11.8 Å². The Bertz CT molecular complexity index is 1210. The average Bonchev–Trinajstić information content (AvgIpc) is 3.08. The van der Waals surface area contributed by atoms with E-state index in [0.717, 1.165) is 16.3 Å². The van der Waals surface area contributed by atoms with Crippen molar-refractivity contribution in [3.05, 3.63) is 50.7 Å². The van der Waals surface area contributed by atoms with Crippen LogP contribution in [0.3, 0.4) is 0 Å². The number of aromatic nitrogens is 4. The fourth-order valence-corrected chi connectivity index (χ4v) is 3.40. The van der Waals surface area contributed by atoms with Crippen molar-refractivity contribution in [3.8, 4) is 0 Å². The summed E-state index contributed by atoms with van der Waals surface area (Å²) >= 11 is 1.05. The number of carboxylic acid groups (broad SMARTS) is 1. The van der Waals surface area contributed by atoms with Gasteiger partial charge in [0, 0.05) is 14.1 Å². The van der Waals surface area contributed by atoms with E-state index < -0.39 is 28.4 Å². The number of aryl methyl sites for hydroxylation is 1. The first-order valence-electron chi connectivity index (χ1n) is 8.16. The molecule has 0 saturated heterocycles. The first-order valence-corrected chi connectivity index (χ1v) is 9.04. The number of carbonyl (C=O) groups is 2. The Morgan fingerprint density at radius 1 is 1.21 bits per heavy atom. The molecule has 1 unspecified atom stereocenters. The number of para-hydroxylation sites is 1. The van der Waals surface area contributed by atoms with Gasteiger partial charge in [-0.05, 0) is 19.1 Å². The topological polar surface area (TPSA) is 139 Å². The highest BCUT2D eigenvalue weighted by atomic mass is 32.2. The van der Waals surface area contributed by atoms with Crippen molar-refractivity contribution >= 4 is 40.5 Å². The molecule has 0 aliphatic heterocycles. The fraction of sp³-hybridized carbons (Fsp3) is 0.235. The molecule has 3 rings (SSSR count). The Balaban J connectivity index is 1.84. The summed E-state index contributed by atoms with van der Waals surface area (Å²) in [6, 6.07) is 6.08. The number of carboxylic acids is 1.